The molecule has 1 aromatic rings. The topological polar surface area (TPSA) is 89.2 Å². The molecule has 0 amide bonds. The zero-order valence-corrected chi connectivity index (χ0v) is 9.18. The number of nitrogens with zero attached hydrogens (tertiary/aromatic N) is 3. The van der Waals surface area contributed by atoms with Gasteiger partial charge in [-0.25, -0.2) is 0 Å². The van der Waals surface area contributed by atoms with E-state index >= 15 is 0 Å². The van der Waals surface area contributed by atoms with Gasteiger partial charge < -0.3 is 10.2 Å². The van der Waals surface area contributed by atoms with E-state index in [9.17, 15) is 10.2 Å². The molecule has 0 radical (unpaired) electrons. The first-order chi connectivity index (χ1) is 7.15. The van der Waals surface area contributed by atoms with Crippen LogP contribution in [0.15, 0.2) is 16.6 Å². The zero-order chi connectivity index (χ0) is 11.3. The van der Waals surface area contributed by atoms with Crippen molar-refractivity contribution in [2.24, 2.45) is 5.11 Å². The van der Waals surface area contributed by atoms with E-state index in [-0.39, 0.29) is 13.0 Å². The molecule has 2 N–H and O–H groups in total. The van der Waals surface area contributed by atoms with E-state index in [1.54, 1.807) is 0 Å². The smallest absolute Gasteiger partial charge is 0.106 e. The van der Waals surface area contributed by atoms with Crippen molar-refractivity contribution >= 4 is 11.3 Å². The summed E-state index contributed by atoms with van der Waals surface area (Å²) < 4.78 is 0. The van der Waals surface area contributed by atoms with Crippen LogP contribution in [0.5, 0.6) is 0 Å². The number of hydrogen-bond acceptors (Lipinski definition) is 4. The van der Waals surface area contributed by atoms with Gasteiger partial charge in [-0.15, -0.1) is 11.3 Å². The molecule has 15 heavy (non-hydrogen) atoms. The zero-order valence-electron chi connectivity index (χ0n) is 8.37. The Kier molecular flexibility index (Phi) is 4.58. The van der Waals surface area contributed by atoms with Crippen LogP contribution in [0.3, 0.4) is 0 Å². The summed E-state index contributed by atoms with van der Waals surface area (Å²) >= 11 is 1.53. The van der Waals surface area contributed by atoms with E-state index in [1.165, 1.54) is 11.3 Å². The fraction of sp³-hybridized carbons (Fsp3) is 0.556. The Labute approximate surface area is 91.6 Å². The molecule has 2 atom stereocenters. The van der Waals surface area contributed by atoms with Crippen molar-refractivity contribution in [2.45, 2.75) is 25.6 Å². The Hall–Kier alpha value is -1.07. The van der Waals surface area contributed by atoms with Gasteiger partial charge >= 0.3 is 0 Å². The van der Waals surface area contributed by atoms with Crippen LogP contribution in [0.1, 0.15) is 23.0 Å². The number of aryl methyl sites for hydroxylation is 1. The summed E-state index contributed by atoms with van der Waals surface area (Å²) in [6, 6.07) is 1.84. The highest BCUT2D eigenvalue weighted by molar-refractivity contribution is 7.10. The predicted molar refractivity (Wildman–Crippen MR) is 58.7 cm³/mol. The van der Waals surface area contributed by atoms with Crippen LogP contribution in [0.2, 0.25) is 0 Å². The molecule has 0 aromatic carbocycles. The summed E-state index contributed by atoms with van der Waals surface area (Å²) in [5, 5.41) is 24.4. The summed E-state index contributed by atoms with van der Waals surface area (Å²) in [4.78, 5) is 3.67. The van der Waals surface area contributed by atoms with E-state index in [2.05, 4.69) is 10.0 Å². The first kappa shape index (κ1) is 12.0. The van der Waals surface area contributed by atoms with Crippen LogP contribution >= 0.6 is 11.3 Å². The van der Waals surface area contributed by atoms with Crippen LogP contribution in [-0.2, 0) is 0 Å². The van der Waals surface area contributed by atoms with Crippen molar-refractivity contribution in [3.63, 3.8) is 0 Å². The number of thiophene rings is 1. The van der Waals surface area contributed by atoms with Gasteiger partial charge in [-0.1, -0.05) is 5.11 Å². The van der Waals surface area contributed by atoms with Crippen LogP contribution in [0, 0.1) is 6.92 Å². The summed E-state index contributed by atoms with van der Waals surface area (Å²) in [5.41, 5.74) is 8.77. The molecule has 6 heteroatoms. The highest BCUT2D eigenvalue weighted by Crippen LogP contribution is 2.23. The number of azide groups is 1. The van der Waals surface area contributed by atoms with Crippen molar-refractivity contribution < 1.29 is 10.2 Å². The minimum absolute atomic E-state index is 0.192. The molecule has 0 saturated carbocycles. The molecule has 0 aliphatic carbocycles. The molecule has 1 heterocycles. The lowest BCUT2D eigenvalue weighted by Crippen LogP contribution is -2.18. The second-order valence-electron chi connectivity index (χ2n) is 3.25. The van der Waals surface area contributed by atoms with Crippen molar-refractivity contribution in [1.29, 1.82) is 0 Å². The predicted octanol–water partition coefficient (Wildman–Crippen LogP) is 2.15. The van der Waals surface area contributed by atoms with Gasteiger partial charge in [-0.2, -0.15) is 0 Å². The summed E-state index contributed by atoms with van der Waals surface area (Å²) in [6.07, 6.45) is -1.52. The summed E-state index contributed by atoms with van der Waals surface area (Å²) in [5.74, 6) is 0. The van der Waals surface area contributed by atoms with Gasteiger partial charge in [0.25, 0.3) is 0 Å². The van der Waals surface area contributed by atoms with Crippen molar-refractivity contribution in [2.75, 3.05) is 6.54 Å². The Morgan fingerprint density at radius 2 is 2.33 bits per heavy atom. The molecule has 0 bridgehead atoms. The Morgan fingerprint density at radius 3 is 2.87 bits per heavy atom. The SMILES string of the molecule is Cc1cc(C(O)C(O)CCN=[N+]=[N-])cs1. The van der Waals surface area contributed by atoms with Gasteiger partial charge in [-0.3, -0.25) is 0 Å². The second kappa shape index (κ2) is 5.72. The van der Waals surface area contributed by atoms with Gasteiger partial charge in [0.2, 0.25) is 0 Å². The number of hydrogen-bond donors (Lipinski definition) is 2. The normalized spacial score (nSPS) is 14.3. The van der Waals surface area contributed by atoms with Gasteiger partial charge in [0.15, 0.2) is 0 Å². The van der Waals surface area contributed by atoms with Crippen molar-refractivity contribution in [3.05, 3.63) is 32.3 Å². The number of rotatable bonds is 5. The highest BCUT2D eigenvalue weighted by Gasteiger charge is 2.18. The lowest BCUT2D eigenvalue weighted by atomic mass is 10.1. The third-order valence-electron chi connectivity index (χ3n) is 2.04. The first-order valence-corrected chi connectivity index (χ1v) is 5.45. The summed E-state index contributed by atoms with van der Waals surface area (Å²) in [7, 11) is 0. The Balaban J connectivity index is 2.52. The largest absolute Gasteiger partial charge is 0.390 e. The molecule has 2 unspecified atom stereocenters. The monoisotopic (exact) mass is 227 g/mol. The molecule has 0 aliphatic heterocycles. The van der Waals surface area contributed by atoms with E-state index in [0.717, 1.165) is 4.88 Å². The van der Waals surface area contributed by atoms with Crippen molar-refractivity contribution in [1.82, 2.24) is 0 Å². The van der Waals surface area contributed by atoms with E-state index in [4.69, 9.17) is 5.53 Å². The molecule has 0 saturated heterocycles. The van der Waals surface area contributed by atoms with Crippen LogP contribution in [-0.4, -0.2) is 22.9 Å². The van der Waals surface area contributed by atoms with Gasteiger partial charge in [0.1, 0.15) is 6.10 Å². The molecule has 5 nitrogen and oxygen atoms in total. The molecule has 0 aliphatic rings. The fourth-order valence-corrected chi connectivity index (χ4v) is 1.97. The van der Waals surface area contributed by atoms with Gasteiger partial charge in [0.05, 0.1) is 6.10 Å². The van der Waals surface area contributed by atoms with Crippen LogP contribution in [0.4, 0.5) is 0 Å². The molecular weight excluding hydrogens is 214 g/mol. The maximum atomic E-state index is 9.72. The van der Waals surface area contributed by atoms with E-state index < -0.39 is 12.2 Å². The molecular formula is C9H13N3O2S. The van der Waals surface area contributed by atoms with Gasteiger partial charge in [0, 0.05) is 16.3 Å². The number of aliphatic hydroxyl groups excluding tert-OH is 2. The minimum Gasteiger partial charge on any atom is -0.390 e. The summed E-state index contributed by atoms with van der Waals surface area (Å²) in [6.45, 7) is 2.13. The minimum atomic E-state index is -0.899. The molecule has 0 spiro atoms. The quantitative estimate of drug-likeness (QED) is 0.458. The van der Waals surface area contributed by atoms with Crippen LogP contribution in [0.25, 0.3) is 10.4 Å². The van der Waals surface area contributed by atoms with E-state index in [0.29, 0.717) is 5.56 Å². The van der Waals surface area contributed by atoms with E-state index in [1.807, 2.05) is 18.4 Å². The molecule has 1 rings (SSSR count). The lowest BCUT2D eigenvalue weighted by molar-refractivity contribution is 0.0153. The standard InChI is InChI=1S/C9H13N3O2S/c1-6-4-7(5-15-6)9(14)8(13)2-3-11-12-10/h4-5,8-9,13-14H,2-3H2,1H3. The Bertz CT molecular complexity index is 360. The molecule has 82 valence electrons. The fourth-order valence-electron chi connectivity index (χ4n) is 1.23. The third-order valence-corrected chi connectivity index (χ3v) is 2.92. The van der Waals surface area contributed by atoms with Crippen LogP contribution < -0.4 is 0 Å². The number of aliphatic hydroxyl groups is 2. The second-order valence-corrected chi connectivity index (χ2v) is 4.36. The van der Waals surface area contributed by atoms with Gasteiger partial charge in [-0.05, 0) is 35.9 Å². The molecule has 0 fully saturated rings. The average molecular weight is 227 g/mol. The average Bonchev–Trinajstić information content (AvgIpc) is 2.64. The first-order valence-electron chi connectivity index (χ1n) is 4.57. The third kappa shape index (κ3) is 3.53. The van der Waals surface area contributed by atoms with Crippen molar-refractivity contribution in [3.8, 4) is 0 Å². The lowest BCUT2D eigenvalue weighted by Gasteiger charge is -2.15. The highest BCUT2D eigenvalue weighted by atomic mass is 32.1. The maximum Gasteiger partial charge on any atom is 0.106 e. The maximum absolute atomic E-state index is 9.72. The Morgan fingerprint density at radius 1 is 1.60 bits per heavy atom. The molecule has 1 aromatic heterocycles.